The highest BCUT2D eigenvalue weighted by molar-refractivity contribution is 4.90. The van der Waals surface area contributed by atoms with Crippen LogP contribution in [-0.4, -0.2) is 37.1 Å². The maximum Gasteiger partial charge on any atom is 0.0110 e. The first-order valence-electron chi connectivity index (χ1n) is 9.07. The fourth-order valence-corrected chi connectivity index (χ4v) is 4.76. The van der Waals surface area contributed by atoms with Crippen LogP contribution in [0.25, 0.3) is 0 Å². The molecule has 2 rings (SSSR count). The molecule has 0 aromatic carbocycles. The van der Waals surface area contributed by atoms with Crippen molar-refractivity contribution in [3.05, 3.63) is 0 Å². The molecule has 1 aliphatic heterocycles. The van der Waals surface area contributed by atoms with E-state index in [1.807, 2.05) is 0 Å². The van der Waals surface area contributed by atoms with Crippen molar-refractivity contribution in [3.63, 3.8) is 0 Å². The van der Waals surface area contributed by atoms with Gasteiger partial charge < -0.3 is 10.2 Å². The van der Waals surface area contributed by atoms with E-state index in [2.05, 4.69) is 38.0 Å². The van der Waals surface area contributed by atoms with Crippen LogP contribution in [0.3, 0.4) is 0 Å². The van der Waals surface area contributed by atoms with Gasteiger partial charge >= 0.3 is 0 Å². The molecule has 0 spiro atoms. The average Bonchev–Trinajstić information content (AvgIpc) is 2.66. The molecular formula is C18H36N2. The van der Waals surface area contributed by atoms with E-state index in [0.717, 1.165) is 29.8 Å². The normalized spacial score (nSPS) is 40.5. The van der Waals surface area contributed by atoms with Gasteiger partial charge in [0.1, 0.15) is 0 Å². The molecule has 1 saturated heterocycles. The molecule has 20 heavy (non-hydrogen) atoms. The summed E-state index contributed by atoms with van der Waals surface area (Å²) < 4.78 is 0. The van der Waals surface area contributed by atoms with Gasteiger partial charge in [0.05, 0.1) is 0 Å². The van der Waals surface area contributed by atoms with Crippen LogP contribution < -0.4 is 5.32 Å². The SMILES string of the molecule is CCC1CCCCCN1CC1C(C)CC(C)CC1NC. The molecule has 1 aliphatic carbocycles. The molecule has 0 bridgehead atoms. The molecule has 0 radical (unpaired) electrons. The Labute approximate surface area is 126 Å². The van der Waals surface area contributed by atoms with E-state index in [0.29, 0.717) is 0 Å². The first-order valence-corrected chi connectivity index (χ1v) is 9.07. The molecule has 1 saturated carbocycles. The van der Waals surface area contributed by atoms with Crippen molar-refractivity contribution in [1.29, 1.82) is 0 Å². The van der Waals surface area contributed by atoms with E-state index < -0.39 is 0 Å². The third kappa shape index (κ3) is 3.98. The minimum absolute atomic E-state index is 0.731. The minimum atomic E-state index is 0.731. The summed E-state index contributed by atoms with van der Waals surface area (Å²) >= 11 is 0. The van der Waals surface area contributed by atoms with Crippen LogP contribution in [0.5, 0.6) is 0 Å². The minimum Gasteiger partial charge on any atom is -0.317 e. The van der Waals surface area contributed by atoms with Gasteiger partial charge in [-0.15, -0.1) is 0 Å². The Bertz CT molecular complexity index is 279. The monoisotopic (exact) mass is 280 g/mol. The standard InChI is InChI=1S/C18H36N2/c1-5-16-9-7-6-8-10-20(16)13-17-15(3)11-14(2)12-18(17)19-4/h14-19H,5-13H2,1-4H3. The second kappa shape index (κ2) is 7.79. The van der Waals surface area contributed by atoms with Gasteiger partial charge in [-0.3, -0.25) is 0 Å². The van der Waals surface area contributed by atoms with Gasteiger partial charge in [-0.2, -0.15) is 0 Å². The summed E-state index contributed by atoms with van der Waals surface area (Å²) in [4.78, 5) is 2.84. The summed E-state index contributed by atoms with van der Waals surface area (Å²) in [7, 11) is 2.17. The zero-order chi connectivity index (χ0) is 14.5. The first kappa shape index (κ1) is 16.3. The van der Waals surface area contributed by atoms with Crippen LogP contribution in [0.15, 0.2) is 0 Å². The van der Waals surface area contributed by atoms with E-state index >= 15 is 0 Å². The van der Waals surface area contributed by atoms with Gasteiger partial charge in [0.25, 0.3) is 0 Å². The Balaban J connectivity index is 2.01. The van der Waals surface area contributed by atoms with E-state index in [9.17, 15) is 0 Å². The molecule has 118 valence electrons. The van der Waals surface area contributed by atoms with Crippen molar-refractivity contribution >= 4 is 0 Å². The van der Waals surface area contributed by atoms with E-state index in [4.69, 9.17) is 0 Å². The summed E-state index contributed by atoms with van der Waals surface area (Å²) in [6, 6.07) is 1.58. The topological polar surface area (TPSA) is 15.3 Å². The second-order valence-electron chi connectivity index (χ2n) is 7.52. The predicted molar refractivity (Wildman–Crippen MR) is 88.0 cm³/mol. The molecule has 0 amide bonds. The van der Waals surface area contributed by atoms with Crippen LogP contribution in [-0.2, 0) is 0 Å². The van der Waals surface area contributed by atoms with E-state index in [1.165, 1.54) is 58.0 Å². The van der Waals surface area contributed by atoms with Gasteiger partial charge in [-0.25, -0.2) is 0 Å². The molecule has 0 aromatic heterocycles. The molecule has 1 heterocycles. The largest absolute Gasteiger partial charge is 0.317 e. The maximum atomic E-state index is 3.63. The molecule has 2 nitrogen and oxygen atoms in total. The second-order valence-corrected chi connectivity index (χ2v) is 7.52. The number of hydrogen-bond acceptors (Lipinski definition) is 2. The number of rotatable bonds is 4. The number of nitrogens with zero attached hydrogens (tertiary/aromatic N) is 1. The Morgan fingerprint density at radius 2 is 1.90 bits per heavy atom. The smallest absolute Gasteiger partial charge is 0.0110 e. The number of likely N-dealkylation sites (tertiary alicyclic amines) is 1. The van der Waals surface area contributed by atoms with Crippen molar-refractivity contribution in [3.8, 4) is 0 Å². The summed E-state index contributed by atoms with van der Waals surface area (Å²) in [5, 5.41) is 3.63. The summed E-state index contributed by atoms with van der Waals surface area (Å²) in [5.74, 6) is 2.62. The Kier molecular flexibility index (Phi) is 6.35. The van der Waals surface area contributed by atoms with Crippen molar-refractivity contribution in [1.82, 2.24) is 10.2 Å². The fraction of sp³-hybridized carbons (Fsp3) is 1.00. The van der Waals surface area contributed by atoms with Crippen LogP contribution >= 0.6 is 0 Å². The van der Waals surface area contributed by atoms with E-state index in [1.54, 1.807) is 0 Å². The highest BCUT2D eigenvalue weighted by atomic mass is 15.2. The Morgan fingerprint density at radius 1 is 1.10 bits per heavy atom. The third-order valence-corrected chi connectivity index (χ3v) is 5.96. The lowest BCUT2D eigenvalue weighted by Crippen LogP contribution is -2.49. The van der Waals surface area contributed by atoms with Crippen molar-refractivity contribution in [2.75, 3.05) is 20.1 Å². The van der Waals surface area contributed by atoms with Gasteiger partial charge in [0, 0.05) is 18.6 Å². The van der Waals surface area contributed by atoms with Crippen molar-refractivity contribution in [2.45, 2.75) is 77.8 Å². The molecule has 2 aliphatic rings. The molecule has 1 N–H and O–H groups in total. The molecule has 2 heteroatoms. The first-order chi connectivity index (χ1) is 9.65. The fourth-order valence-electron chi connectivity index (χ4n) is 4.76. The zero-order valence-electron chi connectivity index (χ0n) is 14.2. The zero-order valence-corrected chi connectivity index (χ0v) is 14.2. The van der Waals surface area contributed by atoms with Gasteiger partial charge in [-0.1, -0.05) is 33.6 Å². The summed E-state index contributed by atoms with van der Waals surface area (Å²) in [6.45, 7) is 9.97. The molecular weight excluding hydrogens is 244 g/mol. The number of hydrogen-bond donors (Lipinski definition) is 1. The van der Waals surface area contributed by atoms with Gasteiger partial charge in [0.2, 0.25) is 0 Å². The van der Waals surface area contributed by atoms with Gasteiger partial charge in [-0.05, 0) is 63.5 Å². The molecule has 2 fully saturated rings. The molecule has 0 aromatic rings. The van der Waals surface area contributed by atoms with Crippen molar-refractivity contribution < 1.29 is 0 Å². The molecule has 5 atom stereocenters. The highest BCUT2D eigenvalue weighted by Crippen LogP contribution is 2.35. The summed E-state index contributed by atoms with van der Waals surface area (Å²) in [5.41, 5.74) is 0. The van der Waals surface area contributed by atoms with Crippen LogP contribution in [0.1, 0.15) is 65.7 Å². The third-order valence-electron chi connectivity index (χ3n) is 5.96. The lowest BCUT2D eigenvalue weighted by Gasteiger charge is -2.43. The van der Waals surface area contributed by atoms with Crippen LogP contribution in [0.2, 0.25) is 0 Å². The maximum absolute atomic E-state index is 3.63. The lowest BCUT2D eigenvalue weighted by molar-refractivity contribution is 0.0821. The summed E-state index contributed by atoms with van der Waals surface area (Å²) in [6.07, 6.45) is 9.86. The van der Waals surface area contributed by atoms with Crippen LogP contribution in [0, 0.1) is 17.8 Å². The Hall–Kier alpha value is -0.0800. The quantitative estimate of drug-likeness (QED) is 0.840. The van der Waals surface area contributed by atoms with E-state index in [-0.39, 0.29) is 0 Å². The predicted octanol–water partition coefficient (Wildman–Crippen LogP) is 3.91. The highest BCUT2D eigenvalue weighted by Gasteiger charge is 2.35. The lowest BCUT2D eigenvalue weighted by atomic mass is 9.72. The average molecular weight is 280 g/mol. The van der Waals surface area contributed by atoms with Crippen molar-refractivity contribution in [2.24, 2.45) is 17.8 Å². The number of nitrogens with one attached hydrogen (secondary N) is 1. The Morgan fingerprint density at radius 3 is 2.60 bits per heavy atom. The van der Waals surface area contributed by atoms with Gasteiger partial charge in [0.15, 0.2) is 0 Å². The van der Waals surface area contributed by atoms with Crippen LogP contribution in [0.4, 0.5) is 0 Å². The molecule has 5 unspecified atom stereocenters.